The summed E-state index contributed by atoms with van der Waals surface area (Å²) in [6, 6.07) is 12.8. The Morgan fingerprint density at radius 3 is 2.61 bits per heavy atom. The van der Waals surface area contributed by atoms with E-state index in [0.29, 0.717) is 6.04 Å². The molecule has 5 heteroatoms. The van der Waals surface area contributed by atoms with Crippen LogP contribution in [0.25, 0.3) is 11.3 Å². The van der Waals surface area contributed by atoms with Crippen LogP contribution in [-0.2, 0) is 0 Å². The van der Waals surface area contributed by atoms with Crippen molar-refractivity contribution in [1.82, 2.24) is 14.9 Å². The molecule has 0 aliphatic heterocycles. The normalized spacial score (nSPS) is 14.0. The van der Waals surface area contributed by atoms with Crippen molar-refractivity contribution in [2.45, 2.75) is 25.3 Å². The zero-order valence-electron chi connectivity index (χ0n) is 13.9. The molecular formula is C18H25N5. The summed E-state index contributed by atoms with van der Waals surface area (Å²) in [5.74, 6) is 1.62. The van der Waals surface area contributed by atoms with E-state index in [9.17, 15) is 0 Å². The highest BCUT2D eigenvalue weighted by Crippen LogP contribution is 2.26. The SMILES string of the molecule is CN(C)CCCNc1cc(-c2ccccc2)nc(NC2CC2)n1. The summed E-state index contributed by atoms with van der Waals surface area (Å²) in [6.07, 6.45) is 3.51. The minimum Gasteiger partial charge on any atom is -0.370 e. The molecule has 0 saturated heterocycles. The van der Waals surface area contributed by atoms with Crippen molar-refractivity contribution in [2.24, 2.45) is 0 Å². The third-order valence-electron chi connectivity index (χ3n) is 3.79. The first-order valence-corrected chi connectivity index (χ1v) is 8.30. The smallest absolute Gasteiger partial charge is 0.225 e. The van der Waals surface area contributed by atoms with Crippen molar-refractivity contribution >= 4 is 11.8 Å². The van der Waals surface area contributed by atoms with Gasteiger partial charge in [0.15, 0.2) is 0 Å². The number of nitrogens with one attached hydrogen (secondary N) is 2. The van der Waals surface area contributed by atoms with Crippen molar-refractivity contribution in [2.75, 3.05) is 37.8 Å². The molecule has 0 bridgehead atoms. The molecule has 5 nitrogen and oxygen atoms in total. The molecule has 1 fully saturated rings. The maximum Gasteiger partial charge on any atom is 0.225 e. The van der Waals surface area contributed by atoms with Gasteiger partial charge in [0.1, 0.15) is 5.82 Å². The molecule has 3 rings (SSSR count). The van der Waals surface area contributed by atoms with E-state index >= 15 is 0 Å². The molecule has 1 heterocycles. The third kappa shape index (κ3) is 4.93. The van der Waals surface area contributed by atoms with Crippen LogP contribution < -0.4 is 10.6 Å². The lowest BCUT2D eigenvalue weighted by Gasteiger charge is -2.12. The Morgan fingerprint density at radius 1 is 1.13 bits per heavy atom. The molecule has 1 saturated carbocycles. The lowest BCUT2D eigenvalue weighted by atomic mass is 10.1. The maximum atomic E-state index is 4.67. The Bertz CT molecular complexity index is 623. The van der Waals surface area contributed by atoms with Gasteiger partial charge in [0, 0.05) is 24.2 Å². The highest BCUT2D eigenvalue weighted by Gasteiger charge is 2.22. The summed E-state index contributed by atoms with van der Waals surface area (Å²) in [7, 11) is 4.19. The minimum atomic E-state index is 0.544. The third-order valence-corrected chi connectivity index (χ3v) is 3.79. The average molecular weight is 311 g/mol. The highest BCUT2D eigenvalue weighted by molar-refractivity contribution is 5.64. The van der Waals surface area contributed by atoms with E-state index in [-0.39, 0.29) is 0 Å². The van der Waals surface area contributed by atoms with Gasteiger partial charge in [-0.2, -0.15) is 4.98 Å². The largest absolute Gasteiger partial charge is 0.370 e. The van der Waals surface area contributed by atoms with E-state index in [1.54, 1.807) is 0 Å². The second-order valence-electron chi connectivity index (χ2n) is 6.33. The lowest BCUT2D eigenvalue weighted by molar-refractivity contribution is 0.405. The summed E-state index contributed by atoms with van der Waals surface area (Å²) >= 11 is 0. The fourth-order valence-corrected chi connectivity index (χ4v) is 2.38. The van der Waals surface area contributed by atoms with Gasteiger partial charge in [-0.05, 0) is 39.9 Å². The van der Waals surface area contributed by atoms with E-state index in [0.717, 1.165) is 42.5 Å². The molecule has 122 valence electrons. The summed E-state index contributed by atoms with van der Waals surface area (Å²) < 4.78 is 0. The summed E-state index contributed by atoms with van der Waals surface area (Å²) in [5.41, 5.74) is 2.07. The van der Waals surface area contributed by atoms with E-state index in [1.165, 1.54) is 12.8 Å². The standard InChI is InChI=1S/C18H25N5/c1-23(2)12-6-11-19-17-13-16(14-7-4-3-5-8-14)21-18(22-17)20-15-9-10-15/h3-5,7-8,13,15H,6,9-12H2,1-2H3,(H2,19,20,21,22). The number of hydrogen-bond donors (Lipinski definition) is 2. The maximum absolute atomic E-state index is 4.67. The van der Waals surface area contributed by atoms with Crippen LogP contribution in [0, 0.1) is 0 Å². The second kappa shape index (κ2) is 7.42. The van der Waals surface area contributed by atoms with E-state index in [1.807, 2.05) is 24.3 Å². The number of benzene rings is 1. The van der Waals surface area contributed by atoms with Gasteiger partial charge >= 0.3 is 0 Å². The predicted octanol–water partition coefficient (Wildman–Crippen LogP) is 3.08. The second-order valence-corrected chi connectivity index (χ2v) is 6.33. The Morgan fingerprint density at radius 2 is 1.91 bits per heavy atom. The first-order chi connectivity index (χ1) is 11.2. The molecular weight excluding hydrogens is 286 g/mol. The first-order valence-electron chi connectivity index (χ1n) is 8.30. The van der Waals surface area contributed by atoms with Gasteiger partial charge < -0.3 is 15.5 Å². The van der Waals surface area contributed by atoms with E-state index in [2.05, 4.69) is 51.7 Å². The summed E-state index contributed by atoms with van der Waals surface area (Å²) in [6.45, 7) is 1.98. The predicted molar refractivity (Wildman–Crippen MR) is 95.8 cm³/mol. The van der Waals surface area contributed by atoms with Crippen LogP contribution in [0.1, 0.15) is 19.3 Å². The summed E-state index contributed by atoms with van der Waals surface area (Å²) in [4.78, 5) is 11.5. The molecule has 0 atom stereocenters. The van der Waals surface area contributed by atoms with E-state index < -0.39 is 0 Å². The molecule has 1 aromatic heterocycles. The minimum absolute atomic E-state index is 0.544. The molecule has 1 aliphatic rings. The molecule has 23 heavy (non-hydrogen) atoms. The Kier molecular flexibility index (Phi) is 5.08. The van der Waals surface area contributed by atoms with Gasteiger partial charge in [-0.15, -0.1) is 0 Å². The quantitative estimate of drug-likeness (QED) is 0.734. The van der Waals surface area contributed by atoms with Gasteiger partial charge in [0.25, 0.3) is 0 Å². The van der Waals surface area contributed by atoms with Gasteiger partial charge in [0.05, 0.1) is 5.69 Å². The van der Waals surface area contributed by atoms with Gasteiger partial charge in [-0.3, -0.25) is 0 Å². The Hall–Kier alpha value is -2.14. The number of rotatable bonds is 8. The van der Waals surface area contributed by atoms with Crippen LogP contribution in [-0.4, -0.2) is 48.1 Å². The van der Waals surface area contributed by atoms with Crippen LogP contribution in [0.2, 0.25) is 0 Å². The fourth-order valence-electron chi connectivity index (χ4n) is 2.38. The van der Waals surface area contributed by atoms with E-state index in [4.69, 9.17) is 0 Å². The number of aromatic nitrogens is 2. The molecule has 0 radical (unpaired) electrons. The average Bonchev–Trinajstić information content (AvgIpc) is 3.36. The fraction of sp³-hybridized carbons (Fsp3) is 0.444. The zero-order chi connectivity index (χ0) is 16.1. The van der Waals surface area contributed by atoms with Crippen LogP contribution in [0.4, 0.5) is 11.8 Å². The van der Waals surface area contributed by atoms with Gasteiger partial charge in [-0.25, -0.2) is 4.98 Å². The van der Waals surface area contributed by atoms with Gasteiger partial charge in [-0.1, -0.05) is 30.3 Å². The Labute approximate surface area is 138 Å². The zero-order valence-corrected chi connectivity index (χ0v) is 13.9. The number of hydrogen-bond acceptors (Lipinski definition) is 5. The van der Waals surface area contributed by atoms with Crippen LogP contribution >= 0.6 is 0 Å². The lowest BCUT2D eigenvalue weighted by Crippen LogP contribution is -2.17. The molecule has 0 spiro atoms. The highest BCUT2D eigenvalue weighted by atomic mass is 15.2. The molecule has 0 amide bonds. The van der Waals surface area contributed by atoms with Crippen molar-refractivity contribution in [1.29, 1.82) is 0 Å². The van der Waals surface area contributed by atoms with Crippen molar-refractivity contribution in [3.63, 3.8) is 0 Å². The molecule has 0 unspecified atom stereocenters. The summed E-state index contributed by atoms with van der Waals surface area (Å²) in [5, 5.41) is 6.83. The van der Waals surface area contributed by atoms with Crippen LogP contribution in [0.5, 0.6) is 0 Å². The van der Waals surface area contributed by atoms with Gasteiger partial charge in [0.2, 0.25) is 5.95 Å². The van der Waals surface area contributed by atoms with Crippen LogP contribution in [0.3, 0.4) is 0 Å². The first kappa shape index (κ1) is 15.7. The molecule has 2 N–H and O–H groups in total. The topological polar surface area (TPSA) is 53.1 Å². The molecule has 1 aromatic carbocycles. The van der Waals surface area contributed by atoms with Crippen molar-refractivity contribution < 1.29 is 0 Å². The molecule has 1 aliphatic carbocycles. The van der Waals surface area contributed by atoms with Crippen LogP contribution in [0.15, 0.2) is 36.4 Å². The molecule has 2 aromatic rings. The monoisotopic (exact) mass is 311 g/mol. The number of anilines is 2. The Balaban J connectivity index is 1.74. The number of nitrogens with zero attached hydrogens (tertiary/aromatic N) is 3. The van der Waals surface area contributed by atoms with Crippen molar-refractivity contribution in [3.05, 3.63) is 36.4 Å². The van der Waals surface area contributed by atoms with Crippen molar-refractivity contribution in [3.8, 4) is 11.3 Å².